The second kappa shape index (κ2) is 4.93. The summed E-state index contributed by atoms with van der Waals surface area (Å²) >= 11 is 0. The molecular weight excluding hydrogens is 198 g/mol. The lowest BCUT2D eigenvalue weighted by atomic mass is 9.79. The maximum atomic E-state index is 6.31. The van der Waals surface area contributed by atoms with E-state index in [1.54, 1.807) is 0 Å². The summed E-state index contributed by atoms with van der Waals surface area (Å²) in [7, 11) is 0. The molecule has 2 unspecified atom stereocenters. The average molecular weight is 219 g/mol. The first-order chi connectivity index (χ1) is 7.68. The van der Waals surface area contributed by atoms with Crippen LogP contribution in [0.3, 0.4) is 0 Å². The molecule has 1 heterocycles. The molecule has 3 heteroatoms. The van der Waals surface area contributed by atoms with Gasteiger partial charge < -0.3 is 11.1 Å². The standard InChI is InChI=1S/C13H21N3/c1-13(14)7-3-2-4-12(13)16-10-11-5-8-15-9-6-11/h5-6,8-9,12,16H,2-4,7,10,14H2,1H3. The van der Waals surface area contributed by atoms with Gasteiger partial charge in [0.05, 0.1) is 0 Å². The topological polar surface area (TPSA) is 50.9 Å². The lowest BCUT2D eigenvalue weighted by Crippen LogP contribution is -2.56. The largest absolute Gasteiger partial charge is 0.324 e. The molecule has 88 valence electrons. The Bertz CT molecular complexity index is 321. The fourth-order valence-electron chi connectivity index (χ4n) is 2.44. The molecular formula is C13H21N3. The van der Waals surface area contributed by atoms with Gasteiger partial charge in [-0.3, -0.25) is 4.98 Å². The quantitative estimate of drug-likeness (QED) is 0.815. The second-order valence-electron chi connectivity index (χ2n) is 5.04. The van der Waals surface area contributed by atoms with Gasteiger partial charge in [0.1, 0.15) is 0 Å². The van der Waals surface area contributed by atoms with Crippen molar-refractivity contribution in [3.63, 3.8) is 0 Å². The van der Waals surface area contributed by atoms with E-state index in [0.29, 0.717) is 6.04 Å². The van der Waals surface area contributed by atoms with Crippen molar-refractivity contribution in [2.45, 2.75) is 50.7 Å². The van der Waals surface area contributed by atoms with Crippen LogP contribution in [0.5, 0.6) is 0 Å². The Morgan fingerprint density at radius 3 is 2.88 bits per heavy atom. The molecule has 1 aromatic rings. The third-order valence-electron chi connectivity index (χ3n) is 3.56. The molecule has 0 radical (unpaired) electrons. The van der Waals surface area contributed by atoms with Crippen LogP contribution < -0.4 is 11.1 Å². The highest BCUT2D eigenvalue weighted by atomic mass is 15.0. The summed E-state index contributed by atoms with van der Waals surface area (Å²) in [6, 6.07) is 4.53. The highest BCUT2D eigenvalue weighted by Gasteiger charge is 2.32. The molecule has 16 heavy (non-hydrogen) atoms. The van der Waals surface area contributed by atoms with E-state index in [4.69, 9.17) is 5.73 Å². The van der Waals surface area contributed by atoms with Gasteiger partial charge in [0, 0.05) is 30.5 Å². The highest BCUT2D eigenvalue weighted by Crippen LogP contribution is 2.26. The van der Waals surface area contributed by atoms with Crippen molar-refractivity contribution >= 4 is 0 Å². The van der Waals surface area contributed by atoms with E-state index in [9.17, 15) is 0 Å². The Morgan fingerprint density at radius 1 is 1.44 bits per heavy atom. The zero-order valence-corrected chi connectivity index (χ0v) is 9.95. The summed E-state index contributed by atoms with van der Waals surface area (Å²) in [5.74, 6) is 0. The number of hydrogen-bond acceptors (Lipinski definition) is 3. The van der Waals surface area contributed by atoms with Crippen molar-refractivity contribution < 1.29 is 0 Å². The molecule has 0 amide bonds. The monoisotopic (exact) mass is 219 g/mol. The van der Waals surface area contributed by atoms with Gasteiger partial charge in [-0.2, -0.15) is 0 Å². The van der Waals surface area contributed by atoms with Crippen LogP contribution in [-0.4, -0.2) is 16.6 Å². The first kappa shape index (κ1) is 11.6. The predicted octanol–water partition coefficient (Wildman–Crippen LogP) is 1.83. The van der Waals surface area contributed by atoms with Gasteiger partial charge in [0.2, 0.25) is 0 Å². The lowest BCUT2D eigenvalue weighted by molar-refractivity contribution is 0.233. The van der Waals surface area contributed by atoms with Crippen LogP contribution in [-0.2, 0) is 6.54 Å². The first-order valence-electron chi connectivity index (χ1n) is 6.10. The minimum absolute atomic E-state index is 0.0503. The zero-order valence-electron chi connectivity index (χ0n) is 9.95. The fraction of sp³-hybridized carbons (Fsp3) is 0.615. The summed E-state index contributed by atoms with van der Waals surface area (Å²) in [6.07, 6.45) is 8.54. The minimum atomic E-state index is -0.0503. The fourth-order valence-corrected chi connectivity index (χ4v) is 2.44. The Balaban J connectivity index is 1.90. The molecule has 0 spiro atoms. The highest BCUT2D eigenvalue weighted by molar-refractivity contribution is 5.10. The molecule has 1 aliphatic rings. The molecule has 1 aromatic heterocycles. The molecule has 0 aliphatic heterocycles. The van der Waals surface area contributed by atoms with Crippen LogP contribution in [0.15, 0.2) is 24.5 Å². The van der Waals surface area contributed by atoms with E-state index in [1.807, 2.05) is 24.5 Å². The van der Waals surface area contributed by atoms with Crippen LogP contribution in [0.25, 0.3) is 0 Å². The zero-order chi connectivity index (χ0) is 11.4. The molecule has 1 saturated carbocycles. The smallest absolute Gasteiger partial charge is 0.0281 e. The van der Waals surface area contributed by atoms with E-state index < -0.39 is 0 Å². The maximum Gasteiger partial charge on any atom is 0.0281 e. The predicted molar refractivity (Wildman–Crippen MR) is 65.9 cm³/mol. The van der Waals surface area contributed by atoms with Crippen molar-refractivity contribution in [2.24, 2.45) is 5.73 Å². The Labute approximate surface area is 97.5 Å². The van der Waals surface area contributed by atoms with Crippen molar-refractivity contribution in [3.8, 4) is 0 Å². The summed E-state index contributed by atoms with van der Waals surface area (Å²) in [5.41, 5.74) is 7.54. The van der Waals surface area contributed by atoms with Gasteiger partial charge in [0.15, 0.2) is 0 Å². The maximum absolute atomic E-state index is 6.31. The Kier molecular flexibility index (Phi) is 3.56. The van der Waals surface area contributed by atoms with Crippen LogP contribution in [0.1, 0.15) is 38.2 Å². The van der Waals surface area contributed by atoms with Gasteiger partial charge in [0.25, 0.3) is 0 Å². The molecule has 1 fully saturated rings. The van der Waals surface area contributed by atoms with Crippen LogP contribution in [0, 0.1) is 0 Å². The lowest BCUT2D eigenvalue weighted by Gasteiger charge is -2.39. The van der Waals surface area contributed by atoms with E-state index in [2.05, 4.69) is 17.2 Å². The summed E-state index contributed by atoms with van der Waals surface area (Å²) in [5, 5.41) is 3.58. The van der Waals surface area contributed by atoms with E-state index in [1.165, 1.54) is 24.8 Å². The number of pyridine rings is 1. The van der Waals surface area contributed by atoms with Crippen molar-refractivity contribution in [2.75, 3.05) is 0 Å². The SMILES string of the molecule is CC1(N)CCCCC1NCc1ccncc1. The van der Waals surface area contributed by atoms with Crippen LogP contribution >= 0.6 is 0 Å². The van der Waals surface area contributed by atoms with E-state index in [0.717, 1.165) is 13.0 Å². The van der Waals surface area contributed by atoms with Gasteiger partial charge in [-0.15, -0.1) is 0 Å². The average Bonchev–Trinajstić information content (AvgIpc) is 2.28. The molecule has 1 aliphatic carbocycles. The minimum Gasteiger partial charge on any atom is -0.324 e. The summed E-state index contributed by atoms with van der Waals surface area (Å²) < 4.78 is 0. The normalized spacial score (nSPS) is 30.2. The van der Waals surface area contributed by atoms with Gasteiger partial charge >= 0.3 is 0 Å². The number of rotatable bonds is 3. The third kappa shape index (κ3) is 2.80. The number of nitrogens with one attached hydrogen (secondary N) is 1. The van der Waals surface area contributed by atoms with Crippen molar-refractivity contribution in [3.05, 3.63) is 30.1 Å². The van der Waals surface area contributed by atoms with Crippen LogP contribution in [0.2, 0.25) is 0 Å². The van der Waals surface area contributed by atoms with E-state index >= 15 is 0 Å². The van der Waals surface area contributed by atoms with Crippen molar-refractivity contribution in [1.82, 2.24) is 10.3 Å². The van der Waals surface area contributed by atoms with Crippen molar-refractivity contribution in [1.29, 1.82) is 0 Å². The molecule has 3 nitrogen and oxygen atoms in total. The first-order valence-corrected chi connectivity index (χ1v) is 6.10. The molecule has 0 bridgehead atoms. The summed E-state index contributed by atoms with van der Waals surface area (Å²) in [6.45, 7) is 3.05. The second-order valence-corrected chi connectivity index (χ2v) is 5.04. The molecule has 2 atom stereocenters. The van der Waals surface area contributed by atoms with Gasteiger partial charge in [-0.05, 0) is 37.5 Å². The number of nitrogens with zero attached hydrogens (tertiary/aromatic N) is 1. The number of nitrogens with two attached hydrogens (primary N) is 1. The van der Waals surface area contributed by atoms with Gasteiger partial charge in [-0.25, -0.2) is 0 Å². The molecule has 3 N–H and O–H groups in total. The van der Waals surface area contributed by atoms with E-state index in [-0.39, 0.29) is 5.54 Å². The van der Waals surface area contributed by atoms with Gasteiger partial charge in [-0.1, -0.05) is 12.8 Å². The number of aromatic nitrogens is 1. The van der Waals surface area contributed by atoms with Crippen LogP contribution in [0.4, 0.5) is 0 Å². The Morgan fingerprint density at radius 2 is 2.19 bits per heavy atom. The molecule has 0 aromatic carbocycles. The Hall–Kier alpha value is -0.930. The summed E-state index contributed by atoms with van der Waals surface area (Å²) in [4.78, 5) is 4.02. The third-order valence-corrected chi connectivity index (χ3v) is 3.56. The number of hydrogen-bond donors (Lipinski definition) is 2. The molecule has 2 rings (SSSR count). The molecule has 0 saturated heterocycles.